The predicted molar refractivity (Wildman–Crippen MR) is 65.8 cm³/mol. The molecule has 1 nitrogen and oxygen atoms in total. The average molecular weight is 210 g/mol. The monoisotopic (exact) mass is 210 g/mol. The van der Waals surface area contributed by atoms with Crippen LogP contribution in [0.2, 0.25) is 0 Å². The summed E-state index contributed by atoms with van der Waals surface area (Å²) in [4.78, 5) is 11.6. The molecule has 0 amide bonds. The van der Waals surface area contributed by atoms with Crippen LogP contribution < -0.4 is 0 Å². The third-order valence-corrected chi connectivity index (χ3v) is 2.67. The molecule has 0 unspecified atom stereocenters. The predicted octanol–water partition coefficient (Wildman–Crippen LogP) is 3.13. The number of hydrogen-bond acceptors (Lipinski definition) is 1. The van der Waals surface area contributed by atoms with Gasteiger partial charge in [0.05, 0.1) is 0 Å². The van der Waals surface area contributed by atoms with Crippen LogP contribution in [0.1, 0.15) is 30.9 Å². The highest BCUT2D eigenvalue weighted by Gasteiger charge is 2.26. The molecule has 16 heavy (non-hydrogen) atoms. The summed E-state index contributed by atoms with van der Waals surface area (Å²) in [6, 6.07) is 8.04. The highest BCUT2D eigenvalue weighted by molar-refractivity contribution is 6.30. The minimum atomic E-state index is 0.212. The Kier molecular flexibility index (Phi) is 2.92. The first-order valence-electron chi connectivity index (χ1n) is 5.54. The van der Waals surface area contributed by atoms with Crippen LogP contribution in [0.15, 0.2) is 29.8 Å². The van der Waals surface area contributed by atoms with Gasteiger partial charge in [0, 0.05) is 24.0 Å². The number of allylic oxidation sites excluding steroid dienone is 2. The second kappa shape index (κ2) is 4.37. The molecule has 0 heterocycles. The maximum Gasteiger partial charge on any atom is 0.169 e. The SMILES string of the molecule is CCC#CC1=C(c2ccc(C)cc2)C(=O)C1. The number of ketones is 1. The molecule has 0 atom stereocenters. The van der Waals surface area contributed by atoms with E-state index in [-0.39, 0.29) is 5.78 Å². The molecule has 1 aromatic rings. The van der Waals surface area contributed by atoms with Crippen LogP contribution in [-0.2, 0) is 4.79 Å². The fourth-order valence-electron chi connectivity index (χ4n) is 1.76. The van der Waals surface area contributed by atoms with Gasteiger partial charge in [-0.3, -0.25) is 4.79 Å². The minimum Gasteiger partial charge on any atom is -0.294 e. The van der Waals surface area contributed by atoms with Crippen LogP contribution in [0.3, 0.4) is 0 Å². The van der Waals surface area contributed by atoms with E-state index in [1.807, 2.05) is 38.1 Å². The Morgan fingerprint density at radius 2 is 1.94 bits per heavy atom. The number of Topliss-reactive ketones (excluding diaryl/α,β-unsaturated/α-hetero) is 1. The van der Waals surface area contributed by atoms with Crippen molar-refractivity contribution in [2.75, 3.05) is 0 Å². The Balaban J connectivity index is 2.38. The largest absolute Gasteiger partial charge is 0.294 e. The molecule has 0 aliphatic heterocycles. The van der Waals surface area contributed by atoms with E-state index < -0.39 is 0 Å². The summed E-state index contributed by atoms with van der Waals surface area (Å²) in [5, 5.41) is 0. The second-order valence-electron chi connectivity index (χ2n) is 3.97. The molecule has 0 N–H and O–H groups in total. The summed E-state index contributed by atoms with van der Waals surface area (Å²) in [5.41, 5.74) is 4.02. The van der Waals surface area contributed by atoms with Crippen molar-refractivity contribution in [2.24, 2.45) is 0 Å². The molecule has 0 saturated carbocycles. The number of carbonyl (C=O) groups is 1. The normalized spacial score (nSPS) is 14.2. The molecule has 0 aromatic heterocycles. The quantitative estimate of drug-likeness (QED) is 0.651. The van der Waals surface area contributed by atoms with Crippen molar-refractivity contribution in [3.8, 4) is 11.8 Å². The first kappa shape index (κ1) is 10.7. The maximum atomic E-state index is 11.6. The van der Waals surface area contributed by atoms with Crippen LogP contribution in [0, 0.1) is 18.8 Å². The lowest BCUT2D eigenvalue weighted by Crippen LogP contribution is -2.15. The zero-order chi connectivity index (χ0) is 11.5. The molecule has 1 heteroatoms. The van der Waals surface area contributed by atoms with Gasteiger partial charge < -0.3 is 0 Å². The first-order valence-corrected chi connectivity index (χ1v) is 5.54. The molecule has 0 fully saturated rings. The lowest BCUT2D eigenvalue weighted by atomic mass is 9.82. The Labute approximate surface area is 96.2 Å². The molecule has 1 aromatic carbocycles. The molecule has 0 spiro atoms. The Hall–Kier alpha value is -1.81. The van der Waals surface area contributed by atoms with E-state index in [0.717, 1.165) is 23.1 Å². The highest BCUT2D eigenvalue weighted by atomic mass is 16.1. The third-order valence-electron chi connectivity index (χ3n) is 2.67. The van der Waals surface area contributed by atoms with E-state index >= 15 is 0 Å². The molecule has 0 bridgehead atoms. The molecular formula is C15H14O. The van der Waals surface area contributed by atoms with Gasteiger partial charge in [0.15, 0.2) is 5.78 Å². The van der Waals surface area contributed by atoms with Crippen molar-refractivity contribution < 1.29 is 4.79 Å². The average Bonchev–Trinajstić information content (AvgIpc) is 2.27. The number of hydrogen-bond donors (Lipinski definition) is 0. The summed E-state index contributed by atoms with van der Waals surface area (Å²) >= 11 is 0. The van der Waals surface area contributed by atoms with E-state index in [0.29, 0.717) is 6.42 Å². The molecule has 0 radical (unpaired) electrons. The Morgan fingerprint density at radius 3 is 2.50 bits per heavy atom. The summed E-state index contributed by atoms with van der Waals surface area (Å²) in [7, 11) is 0. The van der Waals surface area contributed by atoms with Gasteiger partial charge >= 0.3 is 0 Å². The number of aryl methyl sites for hydroxylation is 1. The van der Waals surface area contributed by atoms with Gasteiger partial charge in [-0.2, -0.15) is 0 Å². The maximum absolute atomic E-state index is 11.6. The van der Waals surface area contributed by atoms with Gasteiger partial charge in [-0.1, -0.05) is 48.6 Å². The van der Waals surface area contributed by atoms with Gasteiger partial charge in [-0.15, -0.1) is 0 Å². The van der Waals surface area contributed by atoms with Crippen LogP contribution >= 0.6 is 0 Å². The topological polar surface area (TPSA) is 17.1 Å². The highest BCUT2D eigenvalue weighted by Crippen LogP contribution is 2.32. The molecule has 2 rings (SSSR count). The zero-order valence-corrected chi connectivity index (χ0v) is 9.63. The van der Waals surface area contributed by atoms with Gasteiger partial charge in [0.25, 0.3) is 0 Å². The Morgan fingerprint density at radius 1 is 1.25 bits per heavy atom. The summed E-state index contributed by atoms with van der Waals surface area (Å²) < 4.78 is 0. The van der Waals surface area contributed by atoms with Gasteiger partial charge in [-0.25, -0.2) is 0 Å². The zero-order valence-electron chi connectivity index (χ0n) is 9.63. The summed E-state index contributed by atoms with van der Waals surface area (Å²) in [6.45, 7) is 4.05. The van der Waals surface area contributed by atoms with Crippen LogP contribution in [0.4, 0.5) is 0 Å². The molecule has 80 valence electrons. The standard InChI is InChI=1S/C15H14O/c1-3-4-5-13-10-14(16)15(13)12-8-6-11(2)7-9-12/h6-9H,3,10H2,1-2H3. The van der Waals surface area contributed by atoms with Crippen molar-refractivity contribution in [1.82, 2.24) is 0 Å². The van der Waals surface area contributed by atoms with Gasteiger partial charge in [0.2, 0.25) is 0 Å². The van der Waals surface area contributed by atoms with Crippen molar-refractivity contribution in [3.05, 3.63) is 41.0 Å². The minimum absolute atomic E-state index is 0.212. The van der Waals surface area contributed by atoms with Crippen molar-refractivity contribution in [2.45, 2.75) is 26.7 Å². The van der Waals surface area contributed by atoms with Crippen molar-refractivity contribution in [3.63, 3.8) is 0 Å². The summed E-state index contributed by atoms with van der Waals surface area (Å²) in [5.74, 6) is 6.31. The number of carbonyl (C=O) groups excluding carboxylic acids is 1. The number of benzene rings is 1. The van der Waals surface area contributed by atoms with E-state index in [1.54, 1.807) is 0 Å². The lowest BCUT2D eigenvalue weighted by Gasteiger charge is -2.18. The van der Waals surface area contributed by atoms with Crippen LogP contribution in [0.5, 0.6) is 0 Å². The van der Waals surface area contributed by atoms with Crippen molar-refractivity contribution in [1.29, 1.82) is 0 Å². The smallest absolute Gasteiger partial charge is 0.169 e. The van der Waals surface area contributed by atoms with E-state index in [4.69, 9.17) is 0 Å². The van der Waals surface area contributed by atoms with Crippen molar-refractivity contribution >= 4 is 11.4 Å². The molecule has 0 saturated heterocycles. The van der Waals surface area contributed by atoms with E-state index in [9.17, 15) is 4.79 Å². The van der Waals surface area contributed by atoms with Gasteiger partial charge in [-0.05, 0) is 12.5 Å². The van der Waals surface area contributed by atoms with E-state index in [2.05, 4.69) is 11.8 Å². The fourth-order valence-corrected chi connectivity index (χ4v) is 1.76. The van der Waals surface area contributed by atoms with Crippen LogP contribution in [0.25, 0.3) is 5.57 Å². The number of rotatable bonds is 1. The first-order chi connectivity index (χ1) is 7.72. The van der Waals surface area contributed by atoms with E-state index in [1.165, 1.54) is 5.56 Å². The molecule has 1 aliphatic rings. The van der Waals surface area contributed by atoms with Gasteiger partial charge in [0.1, 0.15) is 0 Å². The fraction of sp³-hybridized carbons (Fsp3) is 0.267. The summed E-state index contributed by atoms with van der Waals surface area (Å²) in [6.07, 6.45) is 1.34. The van der Waals surface area contributed by atoms with Crippen LogP contribution in [-0.4, -0.2) is 5.78 Å². The third kappa shape index (κ3) is 1.92. The lowest BCUT2D eigenvalue weighted by molar-refractivity contribution is -0.114. The molecular weight excluding hydrogens is 196 g/mol. The Bertz CT molecular complexity index is 507. The molecule has 1 aliphatic carbocycles. The second-order valence-corrected chi connectivity index (χ2v) is 3.97.